The minimum absolute atomic E-state index is 0.0920. The second-order valence-electron chi connectivity index (χ2n) is 7.73. The average Bonchev–Trinajstić information content (AvgIpc) is 3.19. The predicted molar refractivity (Wildman–Crippen MR) is 137 cm³/mol. The molecule has 0 amide bonds. The van der Waals surface area contributed by atoms with Gasteiger partial charge in [-0.1, -0.05) is 41.1 Å². The number of nitrogens with zero attached hydrogens (tertiary/aromatic N) is 3. The third-order valence-corrected chi connectivity index (χ3v) is 7.43. The van der Waals surface area contributed by atoms with Crippen molar-refractivity contribution >= 4 is 51.5 Å². The molecule has 1 heterocycles. The number of aliphatic hydroxyl groups excluding tert-OH is 1. The average molecular weight is 542 g/mol. The number of ketones is 1. The smallest absolute Gasteiger partial charge is 0.187 e. The van der Waals surface area contributed by atoms with Gasteiger partial charge < -0.3 is 10.0 Å². The van der Waals surface area contributed by atoms with Crippen molar-refractivity contribution < 1.29 is 23.1 Å². The molecule has 0 aliphatic heterocycles. The van der Waals surface area contributed by atoms with Gasteiger partial charge in [0.05, 0.1) is 5.51 Å². The second-order valence-corrected chi connectivity index (χ2v) is 9.96. The fourth-order valence-corrected chi connectivity index (χ4v) is 4.89. The maximum Gasteiger partial charge on any atom is 0.187 e. The number of carbonyl (C=O) groups excluding carboxylic acids is 1. The molecular formula is C24H23ClF3N3O2S2. The highest BCUT2D eigenvalue weighted by molar-refractivity contribution is 8.13. The van der Waals surface area contributed by atoms with Crippen molar-refractivity contribution in [1.29, 1.82) is 0 Å². The van der Waals surface area contributed by atoms with Crippen LogP contribution in [0.5, 0.6) is 0 Å². The number of amidine groups is 1. The third-order valence-electron chi connectivity index (χ3n) is 5.12. The molecule has 0 radical (unpaired) electrons. The molecule has 0 atom stereocenters. The first kappa shape index (κ1) is 27.0. The Morgan fingerprint density at radius 3 is 2.80 bits per heavy atom. The van der Waals surface area contributed by atoms with Gasteiger partial charge in [0.15, 0.2) is 34.2 Å². The van der Waals surface area contributed by atoms with Gasteiger partial charge in [0.1, 0.15) is 10.7 Å². The molecule has 186 valence electrons. The lowest BCUT2D eigenvalue weighted by atomic mass is 10.1. The highest BCUT2D eigenvalue weighted by Gasteiger charge is 2.18. The Hall–Kier alpha value is -2.56. The monoisotopic (exact) mass is 541 g/mol. The molecule has 0 bridgehead atoms. The number of aromatic nitrogens is 1. The number of hydrogen-bond acceptors (Lipinski definition) is 6. The molecule has 0 saturated carbocycles. The number of halogens is 4. The first-order valence-electron chi connectivity index (χ1n) is 10.6. The summed E-state index contributed by atoms with van der Waals surface area (Å²) in [5.74, 6) is -2.98. The van der Waals surface area contributed by atoms with Crippen LogP contribution in [0.4, 0.5) is 19.0 Å². The number of carbonyl (C=O) groups is 1. The maximum atomic E-state index is 14.5. The highest BCUT2D eigenvalue weighted by Crippen LogP contribution is 2.29. The molecule has 0 spiro atoms. The first-order valence-corrected chi connectivity index (χ1v) is 12.8. The Balaban J connectivity index is 1.81. The standard InChI is InChI=1S/C24H23ClF3N3O2S2/c1-14(32)22-23(29-13-35-22)30-24(34-12-16-4-5-17(25)6-8-18(16)26)31(2)10-9-15-3-7-19(27)21(33)20(28)11-15/h4-7,11,13,33H,3,8-10,12H2,1-2H3/b30-24+. The minimum Gasteiger partial charge on any atom is -0.503 e. The normalized spacial score (nSPS) is 17.1. The lowest BCUT2D eigenvalue weighted by molar-refractivity contribution is 0.102. The van der Waals surface area contributed by atoms with Crippen LogP contribution in [0.25, 0.3) is 0 Å². The van der Waals surface area contributed by atoms with Crippen molar-refractivity contribution in [2.75, 3.05) is 19.3 Å². The number of rotatable bonds is 7. The summed E-state index contributed by atoms with van der Waals surface area (Å²) in [5, 5.41) is 10.4. The molecule has 3 rings (SSSR count). The highest BCUT2D eigenvalue weighted by atomic mass is 35.5. The Kier molecular flexibility index (Phi) is 9.59. The number of hydrogen-bond donors (Lipinski definition) is 1. The summed E-state index contributed by atoms with van der Waals surface area (Å²) in [5.41, 5.74) is 2.57. The summed E-state index contributed by atoms with van der Waals surface area (Å²) in [6.45, 7) is 1.80. The van der Waals surface area contributed by atoms with E-state index in [1.807, 2.05) is 0 Å². The van der Waals surface area contributed by atoms with E-state index in [0.29, 0.717) is 39.2 Å². The molecule has 0 unspecified atom stereocenters. The van der Waals surface area contributed by atoms with Crippen molar-refractivity contribution in [3.8, 4) is 0 Å². The fourth-order valence-electron chi connectivity index (χ4n) is 3.12. The van der Waals surface area contributed by atoms with Crippen molar-refractivity contribution in [3.05, 3.63) is 80.2 Å². The molecular weight excluding hydrogens is 519 g/mol. The van der Waals surface area contributed by atoms with Crippen molar-refractivity contribution in [1.82, 2.24) is 9.88 Å². The largest absolute Gasteiger partial charge is 0.503 e. The summed E-state index contributed by atoms with van der Waals surface area (Å²) in [4.78, 5) is 22.9. The molecule has 1 N–H and O–H groups in total. The van der Waals surface area contributed by atoms with Crippen LogP contribution in [0.15, 0.2) is 80.3 Å². The number of allylic oxidation sites excluding steroid dienone is 9. The van der Waals surface area contributed by atoms with Crippen molar-refractivity contribution in [3.63, 3.8) is 0 Å². The fraction of sp³-hybridized carbons (Fsp3) is 0.292. The van der Waals surface area contributed by atoms with E-state index in [0.717, 1.165) is 12.2 Å². The van der Waals surface area contributed by atoms with Gasteiger partial charge in [-0.25, -0.2) is 23.1 Å². The summed E-state index contributed by atoms with van der Waals surface area (Å²) >= 11 is 8.43. The lowest BCUT2D eigenvalue weighted by Gasteiger charge is -2.21. The summed E-state index contributed by atoms with van der Waals surface area (Å²) in [6.07, 6.45) is 7.67. The van der Waals surface area contributed by atoms with Crippen LogP contribution in [0.2, 0.25) is 0 Å². The third kappa shape index (κ3) is 7.46. The lowest BCUT2D eigenvalue weighted by Crippen LogP contribution is -2.26. The predicted octanol–water partition coefficient (Wildman–Crippen LogP) is 7.62. The number of thioether (sulfide) groups is 1. The van der Waals surface area contributed by atoms with E-state index < -0.39 is 17.4 Å². The topological polar surface area (TPSA) is 65.8 Å². The summed E-state index contributed by atoms with van der Waals surface area (Å²) in [6, 6.07) is 0. The molecule has 2 aliphatic carbocycles. The van der Waals surface area contributed by atoms with E-state index in [4.69, 9.17) is 11.6 Å². The van der Waals surface area contributed by atoms with Gasteiger partial charge >= 0.3 is 0 Å². The van der Waals surface area contributed by atoms with Crippen LogP contribution < -0.4 is 0 Å². The summed E-state index contributed by atoms with van der Waals surface area (Å²) in [7, 11) is 1.76. The summed E-state index contributed by atoms with van der Waals surface area (Å²) < 4.78 is 42.1. The SMILES string of the molecule is CC(=O)c1scnc1/N=C(/SCC1=C(F)CC=C(Cl)C=C1)N(C)CCC1=CC(F)=C(O)C(F)=CC1. The molecule has 1 aromatic heterocycles. The number of aliphatic imine (C=N–C) groups is 1. The Morgan fingerprint density at radius 2 is 2.06 bits per heavy atom. The van der Waals surface area contributed by atoms with Crippen LogP contribution in [0, 0.1) is 0 Å². The molecule has 0 fully saturated rings. The van der Waals surface area contributed by atoms with Crippen molar-refractivity contribution in [2.24, 2.45) is 4.99 Å². The van der Waals surface area contributed by atoms with Crippen LogP contribution >= 0.6 is 34.7 Å². The van der Waals surface area contributed by atoms with Gasteiger partial charge in [0, 0.05) is 37.7 Å². The molecule has 0 aromatic carbocycles. The van der Waals surface area contributed by atoms with E-state index >= 15 is 0 Å². The maximum absolute atomic E-state index is 14.5. The quantitative estimate of drug-likeness (QED) is 0.218. The second kappa shape index (κ2) is 12.4. The van der Waals surface area contributed by atoms with Gasteiger partial charge in [0.25, 0.3) is 0 Å². The molecule has 1 aromatic rings. The van der Waals surface area contributed by atoms with E-state index in [1.165, 1.54) is 35.5 Å². The van der Waals surface area contributed by atoms with Crippen molar-refractivity contribution in [2.45, 2.75) is 26.2 Å². The van der Waals surface area contributed by atoms with E-state index in [2.05, 4.69) is 9.98 Å². The zero-order valence-corrected chi connectivity index (χ0v) is 21.4. The number of thiazole rings is 1. The molecule has 11 heteroatoms. The Labute approximate surface area is 214 Å². The van der Waals surface area contributed by atoms with Crippen LogP contribution in [-0.2, 0) is 0 Å². The number of Topliss-reactive ketones (excluding diaryl/α,β-unsaturated/α-hetero) is 1. The Bertz CT molecular complexity index is 1210. The van der Waals surface area contributed by atoms with Crippen LogP contribution in [0.3, 0.4) is 0 Å². The van der Waals surface area contributed by atoms with E-state index in [-0.39, 0.29) is 36.0 Å². The molecule has 0 saturated heterocycles. The first-order chi connectivity index (χ1) is 16.7. The van der Waals surface area contributed by atoms with Crippen LogP contribution in [0.1, 0.15) is 35.9 Å². The molecule has 35 heavy (non-hydrogen) atoms. The van der Waals surface area contributed by atoms with Gasteiger partial charge in [0.2, 0.25) is 0 Å². The zero-order valence-electron chi connectivity index (χ0n) is 19.0. The van der Waals surface area contributed by atoms with Crippen LogP contribution in [-0.4, -0.2) is 45.3 Å². The van der Waals surface area contributed by atoms with E-state index in [9.17, 15) is 23.1 Å². The molecule has 2 aliphatic rings. The van der Waals surface area contributed by atoms with Gasteiger partial charge in [-0.2, -0.15) is 0 Å². The number of aliphatic hydroxyl groups is 1. The van der Waals surface area contributed by atoms with Gasteiger partial charge in [-0.15, -0.1) is 11.3 Å². The zero-order chi connectivity index (χ0) is 25.5. The van der Waals surface area contributed by atoms with E-state index in [1.54, 1.807) is 30.2 Å². The minimum atomic E-state index is -1.03. The Morgan fingerprint density at radius 1 is 1.29 bits per heavy atom. The van der Waals surface area contributed by atoms with Gasteiger partial charge in [-0.05, 0) is 36.6 Å². The molecule has 5 nitrogen and oxygen atoms in total. The van der Waals surface area contributed by atoms with Gasteiger partial charge in [-0.3, -0.25) is 4.79 Å².